The number of hydrogen-bond donors (Lipinski definition) is 0. The Morgan fingerprint density at radius 1 is 1.21 bits per heavy atom. The van der Waals surface area contributed by atoms with Gasteiger partial charge in [-0.05, 0) is 34.7 Å². The van der Waals surface area contributed by atoms with Crippen molar-refractivity contribution in [1.82, 2.24) is 0 Å². The number of hydrogen-bond acceptors (Lipinski definition) is 1. The first-order chi connectivity index (χ1) is 6.58. The molecule has 0 spiro atoms. The van der Waals surface area contributed by atoms with Crippen LogP contribution in [0.15, 0.2) is 24.4 Å². The molecule has 0 radical (unpaired) electrons. The third-order valence-corrected chi connectivity index (χ3v) is 2.97. The van der Waals surface area contributed by atoms with E-state index in [1.165, 1.54) is 6.20 Å². The summed E-state index contributed by atoms with van der Waals surface area (Å²) in [6.45, 7) is 0. The second kappa shape index (κ2) is 3.72. The van der Waals surface area contributed by atoms with Gasteiger partial charge < -0.3 is 5.21 Å². The van der Waals surface area contributed by atoms with Crippen LogP contribution in [0.1, 0.15) is 0 Å². The van der Waals surface area contributed by atoms with Crippen LogP contribution >= 0.6 is 45.8 Å². The van der Waals surface area contributed by atoms with Gasteiger partial charge in [-0.2, -0.15) is 4.73 Å². The third-order valence-electron chi connectivity index (χ3n) is 1.83. The topological polar surface area (TPSA) is 26.9 Å². The van der Waals surface area contributed by atoms with Gasteiger partial charge in [-0.25, -0.2) is 0 Å². The van der Waals surface area contributed by atoms with E-state index in [4.69, 9.17) is 23.2 Å². The van der Waals surface area contributed by atoms with Gasteiger partial charge in [0.05, 0.1) is 10.4 Å². The van der Waals surface area contributed by atoms with E-state index in [1.54, 1.807) is 18.2 Å². The summed E-state index contributed by atoms with van der Waals surface area (Å²) < 4.78 is 1.65. The van der Waals surface area contributed by atoms with Crippen LogP contribution in [-0.2, 0) is 0 Å². The average molecular weight is 340 g/mol. The molecule has 1 aromatic heterocycles. The lowest BCUT2D eigenvalue weighted by Crippen LogP contribution is -2.26. The first kappa shape index (κ1) is 10.3. The van der Waals surface area contributed by atoms with E-state index in [-0.39, 0.29) is 0 Å². The maximum atomic E-state index is 11.5. The Balaban J connectivity index is 2.94. The molecule has 5 heteroatoms. The Hall–Kier alpha value is -0.260. The molecule has 2 aromatic rings. The number of fused-ring (bicyclic) bond motifs is 1. The molecule has 14 heavy (non-hydrogen) atoms. The van der Waals surface area contributed by atoms with Gasteiger partial charge >= 0.3 is 0 Å². The summed E-state index contributed by atoms with van der Waals surface area (Å²) in [4.78, 5) is 0. The average Bonchev–Trinajstić information content (AvgIpc) is 2.07. The fourth-order valence-electron chi connectivity index (χ4n) is 1.25. The van der Waals surface area contributed by atoms with Crippen LogP contribution in [0.3, 0.4) is 0 Å². The molecule has 0 bridgehead atoms. The molecule has 0 fully saturated rings. The molecule has 72 valence electrons. The number of halogens is 3. The highest BCUT2D eigenvalue weighted by Gasteiger charge is 2.10. The standard InChI is InChI=1S/C9H4Cl2INO/c10-5-1-7-8(11)2-6(12)3-9(7)13(14)4-5/h1-4H. The summed E-state index contributed by atoms with van der Waals surface area (Å²) in [5, 5.41) is 13.1. The fraction of sp³-hybridized carbons (Fsp3) is 0. The molecule has 0 aliphatic rings. The van der Waals surface area contributed by atoms with Crippen molar-refractivity contribution in [2.45, 2.75) is 0 Å². The Kier molecular flexibility index (Phi) is 2.72. The van der Waals surface area contributed by atoms with Gasteiger partial charge in [0, 0.05) is 9.64 Å². The van der Waals surface area contributed by atoms with Crippen molar-refractivity contribution in [2.24, 2.45) is 0 Å². The van der Waals surface area contributed by atoms with Gasteiger partial charge in [0.25, 0.3) is 0 Å². The van der Waals surface area contributed by atoms with Crippen molar-refractivity contribution in [3.63, 3.8) is 0 Å². The number of benzene rings is 1. The van der Waals surface area contributed by atoms with Crippen molar-refractivity contribution in [3.8, 4) is 0 Å². The Bertz CT molecular complexity index is 468. The first-order valence-electron chi connectivity index (χ1n) is 3.75. The summed E-state index contributed by atoms with van der Waals surface area (Å²) >= 11 is 13.9. The van der Waals surface area contributed by atoms with Crippen LogP contribution in [0.2, 0.25) is 10.0 Å². The fourth-order valence-corrected chi connectivity index (χ4v) is 2.51. The van der Waals surface area contributed by atoms with Crippen LogP contribution < -0.4 is 4.73 Å². The normalized spacial score (nSPS) is 10.8. The second-order valence-corrected chi connectivity index (χ2v) is 4.89. The predicted octanol–water partition coefficient (Wildman–Crippen LogP) is 3.38. The van der Waals surface area contributed by atoms with E-state index < -0.39 is 0 Å². The van der Waals surface area contributed by atoms with E-state index in [1.807, 2.05) is 0 Å². The van der Waals surface area contributed by atoms with Crippen LogP contribution in [0, 0.1) is 8.78 Å². The molecule has 0 unspecified atom stereocenters. The molecule has 2 nitrogen and oxygen atoms in total. The van der Waals surface area contributed by atoms with E-state index in [0.29, 0.717) is 20.9 Å². The lowest BCUT2D eigenvalue weighted by molar-refractivity contribution is -0.576. The smallest absolute Gasteiger partial charge is 0.226 e. The van der Waals surface area contributed by atoms with Crippen LogP contribution in [0.5, 0.6) is 0 Å². The van der Waals surface area contributed by atoms with Crippen molar-refractivity contribution in [1.29, 1.82) is 0 Å². The number of rotatable bonds is 0. The molecule has 0 atom stereocenters. The molecule has 0 saturated carbocycles. The molecule has 1 heterocycles. The van der Waals surface area contributed by atoms with E-state index in [0.717, 1.165) is 8.30 Å². The Morgan fingerprint density at radius 2 is 1.93 bits per heavy atom. The van der Waals surface area contributed by atoms with Gasteiger partial charge in [-0.1, -0.05) is 23.2 Å². The highest BCUT2D eigenvalue weighted by Crippen LogP contribution is 2.26. The highest BCUT2D eigenvalue weighted by atomic mass is 127. The lowest BCUT2D eigenvalue weighted by atomic mass is 10.2. The Labute approximate surface area is 104 Å². The van der Waals surface area contributed by atoms with Gasteiger partial charge in [0.15, 0.2) is 6.20 Å². The summed E-state index contributed by atoms with van der Waals surface area (Å²) in [6, 6.07) is 5.25. The minimum absolute atomic E-state index is 0.385. The number of pyridine rings is 1. The zero-order valence-corrected chi connectivity index (χ0v) is 10.5. The Morgan fingerprint density at radius 3 is 2.64 bits per heavy atom. The van der Waals surface area contributed by atoms with Gasteiger partial charge in [-0.15, -0.1) is 0 Å². The molecule has 0 N–H and O–H groups in total. The predicted molar refractivity (Wildman–Crippen MR) is 65.6 cm³/mol. The van der Waals surface area contributed by atoms with Gasteiger partial charge in [0.2, 0.25) is 5.52 Å². The highest BCUT2D eigenvalue weighted by molar-refractivity contribution is 14.1. The lowest BCUT2D eigenvalue weighted by Gasteiger charge is -2.04. The molecular formula is C9H4Cl2INO. The van der Waals surface area contributed by atoms with Crippen molar-refractivity contribution < 1.29 is 4.73 Å². The minimum atomic E-state index is 0.385. The SMILES string of the molecule is [O-][n+]1cc(Cl)cc2c(Cl)cc(I)cc21. The second-order valence-electron chi connectivity index (χ2n) is 2.80. The minimum Gasteiger partial charge on any atom is -0.618 e. The first-order valence-corrected chi connectivity index (χ1v) is 5.59. The van der Waals surface area contributed by atoms with E-state index in [9.17, 15) is 5.21 Å². The molecule has 1 aromatic carbocycles. The number of nitrogens with zero attached hydrogens (tertiary/aromatic N) is 1. The summed E-state index contributed by atoms with van der Waals surface area (Å²) in [6.07, 6.45) is 1.32. The molecule has 0 amide bonds. The van der Waals surface area contributed by atoms with Crippen LogP contribution in [0.25, 0.3) is 10.9 Å². The number of aromatic nitrogens is 1. The third kappa shape index (κ3) is 1.76. The zero-order valence-electron chi connectivity index (χ0n) is 6.80. The largest absolute Gasteiger partial charge is 0.618 e. The van der Waals surface area contributed by atoms with E-state index in [2.05, 4.69) is 22.6 Å². The maximum absolute atomic E-state index is 11.5. The zero-order chi connectivity index (χ0) is 10.3. The molecule has 0 aliphatic carbocycles. The van der Waals surface area contributed by atoms with Crippen LogP contribution in [-0.4, -0.2) is 0 Å². The summed E-state index contributed by atoms with van der Waals surface area (Å²) in [7, 11) is 0. The monoisotopic (exact) mass is 339 g/mol. The molecule has 0 aliphatic heterocycles. The van der Waals surface area contributed by atoms with Gasteiger partial charge in [-0.3, -0.25) is 0 Å². The van der Waals surface area contributed by atoms with Crippen molar-refractivity contribution >= 4 is 56.7 Å². The molecule has 0 saturated heterocycles. The molecular weight excluding hydrogens is 336 g/mol. The van der Waals surface area contributed by atoms with Crippen LogP contribution in [0.4, 0.5) is 0 Å². The molecule has 2 rings (SSSR count). The van der Waals surface area contributed by atoms with E-state index >= 15 is 0 Å². The maximum Gasteiger partial charge on any atom is 0.226 e. The van der Waals surface area contributed by atoms with Gasteiger partial charge in [0.1, 0.15) is 5.02 Å². The summed E-state index contributed by atoms with van der Waals surface area (Å²) in [5.74, 6) is 0. The summed E-state index contributed by atoms with van der Waals surface area (Å²) in [5.41, 5.74) is 0.534. The van der Waals surface area contributed by atoms with Crippen molar-refractivity contribution in [3.05, 3.63) is 43.2 Å². The van der Waals surface area contributed by atoms with Crippen molar-refractivity contribution in [2.75, 3.05) is 0 Å². The quantitative estimate of drug-likeness (QED) is 0.410.